The number of fused-ring (bicyclic) bond motifs is 1. The number of thioether (sulfide) groups is 1. The molecule has 5 nitrogen and oxygen atoms in total. The predicted octanol–water partition coefficient (Wildman–Crippen LogP) is 4.23. The lowest BCUT2D eigenvalue weighted by atomic mass is 10.1. The van der Waals surface area contributed by atoms with Crippen molar-refractivity contribution >= 4 is 56.0 Å². The largest absolute Gasteiger partial charge is 0.395 e. The third kappa shape index (κ3) is 3.64. The van der Waals surface area contributed by atoms with Crippen molar-refractivity contribution in [1.29, 1.82) is 0 Å². The fourth-order valence-electron chi connectivity index (χ4n) is 2.26. The van der Waals surface area contributed by atoms with Crippen molar-refractivity contribution in [3.8, 4) is 11.3 Å². The molecule has 8 heteroatoms. The second kappa shape index (κ2) is 7.65. The van der Waals surface area contributed by atoms with Crippen LogP contribution in [0.2, 0.25) is 5.02 Å². The maximum absolute atomic E-state index is 9.13. The van der Waals surface area contributed by atoms with Crippen LogP contribution in [-0.4, -0.2) is 39.5 Å². The lowest BCUT2D eigenvalue weighted by Crippen LogP contribution is -2.08. The summed E-state index contributed by atoms with van der Waals surface area (Å²) in [6, 6.07) is 7.55. The molecule has 2 N–H and O–H groups in total. The SMILES string of the molecule is CSc1ncc2nc(-c3ccc(Br)cc3Cl)c(NCCO)cc2n1. The molecular formula is C16H14BrClN4OS. The summed E-state index contributed by atoms with van der Waals surface area (Å²) in [5, 5.41) is 13.6. The third-order valence-electron chi connectivity index (χ3n) is 3.34. The van der Waals surface area contributed by atoms with Gasteiger partial charge in [0.05, 0.1) is 34.7 Å². The van der Waals surface area contributed by atoms with Crippen molar-refractivity contribution in [3.63, 3.8) is 0 Å². The van der Waals surface area contributed by atoms with E-state index in [-0.39, 0.29) is 6.61 Å². The van der Waals surface area contributed by atoms with Gasteiger partial charge in [-0.25, -0.2) is 15.0 Å². The Morgan fingerprint density at radius 1 is 1.25 bits per heavy atom. The number of halogens is 2. The molecule has 0 saturated heterocycles. The van der Waals surface area contributed by atoms with E-state index in [1.54, 1.807) is 6.20 Å². The summed E-state index contributed by atoms with van der Waals surface area (Å²) in [4.78, 5) is 13.4. The molecule has 0 atom stereocenters. The Hall–Kier alpha value is -1.41. The molecule has 3 rings (SSSR count). The summed E-state index contributed by atoms with van der Waals surface area (Å²) in [5.41, 5.74) is 3.71. The molecular weight excluding hydrogens is 412 g/mol. The van der Waals surface area contributed by atoms with Gasteiger partial charge in [0.15, 0.2) is 5.16 Å². The van der Waals surface area contributed by atoms with E-state index in [0.717, 1.165) is 21.2 Å². The molecule has 0 unspecified atom stereocenters. The number of pyridine rings is 1. The van der Waals surface area contributed by atoms with Crippen molar-refractivity contribution in [2.24, 2.45) is 0 Å². The van der Waals surface area contributed by atoms with Gasteiger partial charge in [-0.3, -0.25) is 0 Å². The lowest BCUT2D eigenvalue weighted by Gasteiger charge is -2.13. The van der Waals surface area contributed by atoms with Gasteiger partial charge < -0.3 is 10.4 Å². The number of aliphatic hydroxyl groups is 1. The van der Waals surface area contributed by atoms with Gasteiger partial charge in [0.2, 0.25) is 0 Å². The minimum absolute atomic E-state index is 0.0192. The van der Waals surface area contributed by atoms with E-state index in [9.17, 15) is 0 Å². The zero-order valence-corrected chi connectivity index (χ0v) is 15.9. The monoisotopic (exact) mass is 424 g/mol. The van der Waals surface area contributed by atoms with Crippen LogP contribution >= 0.6 is 39.3 Å². The van der Waals surface area contributed by atoms with Gasteiger partial charge in [-0.15, -0.1) is 0 Å². The van der Waals surface area contributed by atoms with Gasteiger partial charge in [0.25, 0.3) is 0 Å². The minimum atomic E-state index is 0.0192. The molecule has 2 heterocycles. The summed E-state index contributed by atoms with van der Waals surface area (Å²) in [6.07, 6.45) is 3.63. The molecule has 0 amide bonds. The highest BCUT2D eigenvalue weighted by atomic mass is 79.9. The molecule has 0 radical (unpaired) electrons. The number of nitrogens with zero attached hydrogens (tertiary/aromatic N) is 3. The number of rotatable bonds is 5. The Balaban J connectivity index is 2.20. The van der Waals surface area contributed by atoms with Crippen LogP contribution in [0, 0.1) is 0 Å². The number of aromatic nitrogens is 3. The van der Waals surface area contributed by atoms with Crippen molar-refractivity contribution < 1.29 is 5.11 Å². The van der Waals surface area contributed by atoms with Crippen LogP contribution in [0.15, 0.2) is 40.1 Å². The van der Waals surface area contributed by atoms with Gasteiger partial charge in [-0.2, -0.15) is 0 Å². The van der Waals surface area contributed by atoms with Gasteiger partial charge >= 0.3 is 0 Å². The van der Waals surface area contributed by atoms with Crippen LogP contribution in [-0.2, 0) is 0 Å². The number of hydrogen-bond acceptors (Lipinski definition) is 6. The van der Waals surface area contributed by atoms with Crippen LogP contribution in [0.4, 0.5) is 5.69 Å². The Labute approximate surface area is 157 Å². The van der Waals surface area contributed by atoms with Gasteiger partial charge in [0, 0.05) is 16.6 Å². The second-order valence-corrected chi connectivity index (χ2v) is 7.02. The molecule has 124 valence electrons. The van der Waals surface area contributed by atoms with E-state index in [2.05, 4.69) is 36.2 Å². The molecule has 0 aliphatic heterocycles. The predicted molar refractivity (Wildman–Crippen MR) is 103 cm³/mol. The molecule has 2 aromatic heterocycles. The standard InChI is InChI=1S/C16H14BrClN4OS/c1-24-16-20-8-14-12(22-16)7-13(19-4-5-23)15(21-14)10-3-2-9(17)6-11(10)18/h2-3,6-8,19,23H,4-5H2,1H3. The van der Waals surface area contributed by atoms with Crippen LogP contribution in [0.1, 0.15) is 0 Å². The average molecular weight is 426 g/mol. The molecule has 0 aliphatic rings. The average Bonchev–Trinajstić information content (AvgIpc) is 2.59. The number of hydrogen-bond donors (Lipinski definition) is 2. The van der Waals surface area contributed by atoms with Crippen molar-refractivity contribution in [2.45, 2.75) is 5.16 Å². The molecule has 0 fully saturated rings. The summed E-state index contributed by atoms with van der Waals surface area (Å²) in [5.74, 6) is 0. The van der Waals surface area contributed by atoms with Gasteiger partial charge in [-0.1, -0.05) is 45.4 Å². The summed E-state index contributed by atoms with van der Waals surface area (Å²) in [7, 11) is 0. The molecule has 0 aliphatic carbocycles. The zero-order chi connectivity index (χ0) is 17.1. The number of anilines is 1. The first-order valence-electron chi connectivity index (χ1n) is 7.14. The van der Waals surface area contributed by atoms with Crippen LogP contribution < -0.4 is 5.32 Å². The Morgan fingerprint density at radius 3 is 2.79 bits per heavy atom. The molecule has 0 bridgehead atoms. The highest BCUT2D eigenvalue weighted by Gasteiger charge is 2.14. The van der Waals surface area contributed by atoms with Gasteiger partial charge in [-0.05, 0) is 24.5 Å². The minimum Gasteiger partial charge on any atom is -0.395 e. The number of aliphatic hydroxyl groups excluding tert-OH is 1. The first kappa shape index (κ1) is 17.4. The molecule has 1 aromatic carbocycles. The summed E-state index contributed by atoms with van der Waals surface area (Å²) >= 11 is 11.3. The Morgan fingerprint density at radius 2 is 2.08 bits per heavy atom. The van der Waals surface area contributed by atoms with E-state index in [0.29, 0.717) is 27.9 Å². The fourth-order valence-corrected chi connectivity index (χ4v) is 3.37. The lowest BCUT2D eigenvalue weighted by molar-refractivity contribution is 0.311. The van der Waals surface area contributed by atoms with Crippen molar-refractivity contribution in [2.75, 3.05) is 24.7 Å². The summed E-state index contributed by atoms with van der Waals surface area (Å²) < 4.78 is 0.898. The molecule has 24 heavy (non-hydrogen) atoms. The fraction of sp³-hybridized carbons (Fsp3) is 0.188. The smallest absolute Gasteiger partial charge is 0.187 e. The normalized spacial score (nSPS) is 11.0. The van der Waals surface area contributed by atoms with Crippen LogP contribution in [0.3, 0.4) is 0 Å². The van der Waals surface area contributed by atoms with E-state index < -0.39 is 0 Å². The zero-order valence-electron chi connectivity index (χ0n) is 12.8. The van der Waals surface area contributed by atoms with E-state index in [1.807, 2.05) is 30.5 Å². The quantitative estimate of drug-likeness (QED) is 0.471. The topological polar surface area (TPSA) is 70.9 Å². The highest BCUT2D eigenvalue weighted by molar-refractivity contribution is 9.10. The first-order chi connectivity index (χ1) is 11.6. The number of nitrogens with one attached hydrogen (secondary N) is 1. The van der Waals surface area contributed by atoms with E-state index in [1.165, 1.54) is 11.8 Å². The molecule has 3 aromatic rings. The first-order valence-corrected chi connectivity index (χ1v) is 9.54. The molecule has 0 spiro atoms. The highest BCUT2D eigenvalue weighted by Crippen LogP contribution is 2.35. The molecule has 0 saturated carbocycles. The van der Waals surface area contributed by atoms with Crippen LogP contribution in [0.5, 0.6) is 0 Å². The maximum Gasteiger partial charge on any atom is 0.187 e. The summed E-state index contributed by atoms with van der Waals surface area (Å²) in [6.45, 7) is 0.431. The number of benzene rings is 1. The van der Waals surface area contributed by atoms with Crippen molar-refractivity contribution in [3.05, 3.63) is 40.0 Å². The Kier molecular flexibility index (Phi) is 5.55. The third-order valence-corrected chi connectivity index (χ3v) is 4.71. The van der Waals surface area contributed by atoms with E-state index >= 15 is 0 Å². The van der Waals surface area contributed by atoms with E-state index in [4.69, 9.17) is 16.7 Å². The van der Waals surface area contributed by atoms with Gasteiger partial charge in [0.1, 0.15) is 5.52 Å². The second-order valence-electron chi connectivity index (χ2n) is 4.92. The Bertz CT molecular complexity index is 893. The maximum atomic E-state index is 9.13. The van der Waals surface area contributed by atoms with Crippen LogP contribution in [0.25, 0.3) is 22.3 Å². The van der Waals surface area contributed by atoms with Crippen molar-refractivity contribution in [1.82, 2.24) is 15.0 Å².